The van der Waals surface area contributed by atoms with Crippen LogP contribution in [0.15, 0.2) is 42.5 Å². The number of rotatable bonds is 2. The Balaban J connectivity index is 1.65. The summed E-state index contributed by atoms with van der Waals surface area (Å²) < 4.78 is 27.1. The molecule has 0 bridgehead atoms. The molecule has 3 heteroatoms. The zero-order valence-electron chi connectivity index (χ0n) is 11.4. The van der Waals surface area contributed by atoms with Crippen LogP contribution in [0.1, 0.15) is 33.9 Å². The Kier molecular flexibility index (Phi) is 3.14. The van der Waals surface area contributed by atoms with Crippen molar-refractivity contribution in [1.29, 1.82) is 0 Å². The second-order valence-corrected chi connectivity index (χ2v) is 7.06. The van der Waals surface area contributed by atoms with Crippen LogP contribution in [0, 0.1) is 23.5 Å². The van der Waals surface area contributed by atoms with E-state index < -0.39 is 11.6 Å². The Labute approximate surface area is 131 Å². The summed E-state index contributed by atoms with van der Waals surface area (Å²) in [5, 5.41) is 0. The first kappa shape index (κ1) is 13.4. The SMILES string of the molecule is Fc1ccc(C(Br)C2C3CCc4ccccc4C32)c(F)c1. The third-order valence-corrected chi connectivity index (χ3v) is 6.09. The summed E-state index contributed by atoms with van der Waals surface area (Å²) in [5.74, 6) is 0.578. The Morgan fingerprint density at radius 3 is 2.71 bits per heavy atom. The molecule has 2 aromatic carbocycles. The minimum Gasteiger partial charge on any atom is -0.207 e. The monoisotopic (exact) mass is 348 g/mol. The van der Waals surface area contributed by atoms with Gasteiger partial charge in [0.05, 0.1) is 0 Å². The summed E-state index contributed by atoms with van der Waals surface area (Å²) in [6.07, 6.45) is 2.27. The normalized spacial score (nSPS) is 27.7. The van der Waals surface area contributed by atoms with Crippen molar-refractivity contribution in [3.63, 3.8) is 0 Å². The van der Waals surface area contributed by atoms with Crippen LogP contribution in [0.4, 0.5) is 8.78 Å². The van der Waals surface area contributed by atoms with Crippen LogP contribution in [0.2, 0.25) is 0 Å². The first-order valence-corrected chi connectivity index (χ1v) is 8.25. The van der Waals surface area contributed by atoms with Crippen LogP contribution in [0.3, 0.4) is 0 Å². The first-order chi connectivity index (χ1) is 10.2. The number of fused-ring (bicyclic) bond motifs is 3. The fourth-order valence-corrected chi connectivity index (χ4v) is 5.04. The Bertz CT molecular complexity index is 697. The molecule has 2 aliphatic carbocycles. The maximum atomic E-state index is 14.0. The molecule has 4 atom stereocenters. The van der Waals surface area contributed by atoms with Gasteiger partial charge in [-0.25, -0.2) is 8.78 Å². The van der Waals surface area contributed by atoms with Crippen molar-refractivity contribution in [2.45, 2.75) is 23.6 Å². The van der Waals surface area contributed by atoms with Gasteiger partial charge < -0.3 is 0 Å². The Hall–Kier alpha value is -1.22. The van der Waals surface area contributed by atoms with Gasteiger partial charge >= 0.3 is 0 Å². The van der Waals surface area contributed by atoms with E-state index >= 15 is 0 Å². The number of alkyl halides is 1. The van der Waals surface area contributed by atoms with Crippen molar-refractivity contribution in [3.05, 3.63) is 70.8 Å². The molecule has 108 valence electrons. The summed E-state index contributed by atoms with van der Waals surface area (Å²) in [4.78, 5) is -0.0424. The molecular weight excluding hydrogens is 334 g/mol. The Morgan fingerprint density at radius 2 is 1.90 bits per heavy atom. The van der Waals surface area contributed by atoms with Crippen LogP contribution in [-0.4, -0.2) is 0 Å². The lowest BCUT2D eigenvalue weighted by Gasteiger charge is -2.13. The number of aryl methyl sites for hydroxylation is 1. The van der Waals surface area contributed by atoms with Crippen molar-refractivity contribution >= 4 is 15.9 Å². The average Bonchev–Trinajstić information content (AvgIpc) is 3.21. The molecule has 4 unspecified atom stereocenters. The first-order valence-electron chi connectivity index (χ1n) is 7.33. The van der Waals surface area contributed by atoms with Crippen molar-refractivity contribution in [3.8, 4) is 0 Å². The van der Waals surface area contributed by atoms with E-state index in [0.29, 0.717) is 23.3 Å². The molecule has 0 radical (unpaired) electrons. The molecule has 0 aliphatic heterocycles. The standard InChI is InChI=1S/C18H15BrF2/c19-18(13-8-6-11(20)9-15(13)21)17-14-7-5-10-3-1-2-4-12(10)16(14)17/h1-4,6,8-9,14,16-18H,5,7H2. The van der Waals surface area contributed by atoms with E-state index in [1.807, 2.05) is 0 Å². The summed E-state index contributed by atoms with van der Waals surface area (Å²) in [5.41, 5.74) is 3.43. The highest BCUT2D eigenvalue weighted by Gasteiger charge is 2.56. The molecule has 1 fully saturated rings. The maximum Gasteiger partial charge on any atom is 0.130 e. The third kappa shape index (κ3) is 2.13. The lowest BCUT2D eigenvalue weighted by molar-refractivity contribution is 0.559. The van der Waals surface area contributed by atoms with Gasteiger partial charge in [-0.15, -0.1) is 0 Å². The molecule has 0 heterocycles. The van der Waals surface area contributed by atoms with Crippen LogP contribution in [0.25, 0.3) is 0 Å². The van der Waals surface area contributed by atoms with Gasteiger partial charge in [0.1, 0.15) is 11.6 Å². The van der Waals surface area contributed by atoms with Gasteiger partial charge in [0, 0.05) is 16.5 Å². The highest BCUT2D eigenvalue weighted by Crippen LogP contribution is 2.66. The van der Waals surface area contributed by atoms with Crippen molar-refractivity contribution in [1.82, 2.24) is 0 Å². The van der Waals surface area contributed by atoms with Gasteiger partial charge in [0.2, 0.25) is 0 Å². The second-order valence-electron chi connectivity index (χ2n) is 6.07. The molecule has 0 N–H and O–H groups in total. The predicted molar refractivity (Wildman–Crippen MR) is 82.5 cm³/mol. The molecule has 2 aliphatic rings. The Morgan fingerprint density at radius 1 is 1.10 bits per heavy atom. The second kappa shape index (κ2) is 4.91. The molecule has 0 saturated heterocycles. The van der Waals surface area contributed by atoms with Gasteiger partial charge in [0.15, 0.2) is 0 Å². The van der Waals surface area contributed by atoms with Crippen molar-refractivity contribution < 1.29 is 8.78 Å². The fraction of sp³-hybridized carbons (Fsp3) is 0.333. The predicted octanol–water partition coefficient (Wildman–Crippen LogP) is 5.38. The van der Waals surface area contributed by atoms with Crippen molar-refractivity contribution in [2.24, 2.45) is 11.8 Å². The molecule has 1 saturated carbocycles. The van der Waals surface area contributed by atoms with Gasteiger partial charge in [0.25, 0.3) is 0 Å². The molecule has 0 spiro atoms. The van der Waals surface area contributed by atoms with Gasteiger partial charge in [-0.05, 0) is 47.8 Å². The summed E-state index contributed by atoms with van der Waals surface area (Å²) in [6, 6.07) is 12.5. The van der Waals surface area contributed by atoms with Crippen molar-refractivity contribution in [2.75, 3.05) is 0 Å². The zero-order chi connectivity index (χ0) is 14.6. The van der Waals surface area contributed by atoms with E-state index in [4.69, 9.17) is 0 Å². The number of benzene rings is 2. The van der Waals surface area contributed by atoms with E-state index in [1.165, 1.54) is 17.2 Å². The summed E-state index contributed by atoms with van der Waals surface area (Å²) >= 11 is 3.67. The summed E-state index contributed by atoms with van der Waals surface area (Å²) in [7, 11) is 0. The molecule has 21 heavy (non-hydrogen) atoms. The van der Waals surface area contributed by atoms with E-state index in [9.17, 15) is 8.78 Å². The minimum absolute atomic E-state index is 0.0424. The highest BCUT2D eigenvalue weighted by molar-refractivity contribution is 9.09. The summed E-state index contributed by atoms with van der Waals surface area (Å²) in [6.45, 7) is 0. The maximum absolute atomic E-state index is 14.0. The van der Waals surface area contributed by atoms with E-state index in [1.54, 1.807) is 6.07 Å². The smallest absolute Gasteiger partial charge is 0.130 e. The van der Waals surface area contributed by atoms with E-state index in [-0.39, 0.29) is 4.83 Å². The number of halogens is 3. The lowest BCUT2D eigenvalue weighted by atomic mass is 9.92. The topological polar surface area (TPSA) is 0 Å². The molecule has 0 aromatic heterocycles. The molecule has 0 nitrogen and oxygen atoms in total. The molecular formula is C18H15BrF2. The minimum atomic E-state index is -0.519. The molecule has 4 rings (SSSR count). The molecule has 2 aromatic rings. The van der Waals surface area contributed by atoms with E-state index in [0.717, 1.165) is 18.9 Å². The quantitative estimate of drug-likeness (QED) is 0.639. The highest BCUT2D eigenvalue weighted by atomic mass is 79.9. The van der Waals surface area contributed by atoms with Gasteiger partial charge in [-0.1, -0.05) is 46.3 Å². The van der Waals surface area contributed by atoms with Crippen LogP contribution in [0.5, 0.6) is 0 Å². The lowest BCUT2D eigenvalue weighted by Crippen LogP contribution is -2.00. The third-order valence-electron chi connectivity index (χ3n) is 4.99. The van der Waals surface area contributed by atoms with E-state index in [2.05, 4.69) is 40.2 Å². The number of hydrogen-bond donors (Lipinski definition) is 0. The molecule has 0 amide bonds. The number of hydrogen-bond acceptors (Lipinski definition) is 0. The van der Waals surface area contributed by atoms with Gasteiger partial charge in [-0.2, -0.15) is 0 Å². The van der Waals surface area contributed by atoms with Gasteiger partial charge in [-0.3, -0.25) is 0 Å². The average molecular weight is 349 g/mol. The zero-order valence-corrected chi connectivity index (χ0v) is 13.0. The van der Waals surface area contributed by atoms with Crippen LogP contribution < -0.4 is 0 Å². The van der Waals surface area contributed by atoms with Crippen LogP contribution in [-0.2, 0) is 6.42 Å². The largest absolute Gasteiger partial charge is 0.207 e. The fourth-order valence-electron chi connectivity index (χ4n) is 3.95. The van der Waals surface area contributed by atoms with Crippen LogP contribution >= 0.6 is 15.9 Å².